The molecule has 1 aliphatic heterocycles. The molecule has 1 saturated heterocycles. The van der Waals surface area contributed by atoms with Gasteiger partial charge < -0.3 is 9.88 Å². The van der Waals surface area contributed by atoms with Crippen molar-refractivity contribution in [2.24, 2.45) is 0 Å². The second kappa shape index (κ2) is 5.27. The molecule has 0 atom stereocenters. The number of carbonyl (C=O) groups is 1. The molecular weight excluding hydrogens is 255 g/mol. The topological polar surface area (TPSA) is 36.1 Å². The third kappa shape index (κ3) is 2.42. The fourth-order valence-corrected chi connectivity index (χ4v) is 2.99. The maximum Gasteiger partial charge on any atom is 0.227 e. The Morgan fingerprint density at radius 2 is 2.05 bits per heavy atom. The van der Waals surface area contributed by atoms with Crippen LogP contribution < -0.4 is 0 Å². The van der Waals surface area contributed by atoms with Gasteiger partial charge in [0.2, 0.25) is 5.91 Å². The van der Waals surface area contributed by atoms with Crippen LogP contribution in [0.4, 0.5) is 4.39 Å². The molecule has 0 unspecified atom stereocenters. The van der Waals surface area contributed by atoms with E-state index < -0.39 is 0 Å². The Hall–Kier alpha value is -1.84. The number of nitrogens with one attached hydrogen (secondary N) is 1. The number of H-pyrrole nitrogens is 1. The molecule has 0 radical (unpaired) electrons. The molecule has 1 aliphatic rings. The highest BCUT2D eigenvalue weighted by molar-refractivity contribution is 5.90. The van der Waals surface area contributed by atoms with Crippen LogP contribution in [0.1, 0.15) is 30.5 Å². The second-order valence-electron chi connectivity index (χ2n) is 5.54. The normalized spacial score (nSPS) is 15.8. The first-order valence-corrected chi connectivity index (χ1v) is 7.19. The van der Waals surface area contributed by atoms with Crippen LogP contribution in [0.3, 0.4) is 0 Å². The minimum Gasteiger partial charge on any atom is -0.358 e. The molecule has 2 aromatic rings. The highest BCUT2D eigenvalue weighted by Gasteiger charge is 2.19. The molecule has 0 aliphatic carbocycles. The van der Waals surface area contributed by atoms with Gasteiger partial charge in [-0.05, 0) is 49.9 Å². The molecule has 0 spiro atoms. The number of nitrogens with zero attached hydrogens (tertiary/aromatic N) is 1. The van der Waals surface area contributed by atoms with Gasteiger partial charge in [-0.25, -0.2) is 4.39 Å². The lowest BCUT2D eigenvalue weighted by Crippen LogP contribution is -2.36. The van der Waals surface area contributed by atoms with Crippen LogP contribution in [-0.2, 0) is 11.2 Å². The number of hydrogen-bond donors (Lipinski definition) is 1. The molecule has 3 rings (SSSR count). The van der Waals surface area contributed by atoms with E-state index in [2.05, 4.69) is 4.98 Å². The van der Waals surface area contributed by atoms with Gasteiger partial charge in [0.1, 0.15) is 5.82 Å². The number of aromatic amines is 1. The van der Waals surface area contributed by atoms with Crippen molar-refractivity contribution in [3.8, 4) is 0 Å². The van der Waals surface area contributed by atoms with E-state index in [0.717, 1.165) is 48.1 Å². The van der Waals surface area contributed by atoms with E-state index in [-0.39, 0.29) is 11.7 Å². The number of hydrogen-bond acceptors (Lipinski definition) is 1. The average Bonchev–Trinajstić information content (AvgIpc) is 2.76. The lowest BCUT2D eigenvalue weighted by molar-refractivity contribution is -0.131. The summed E-state index contributed by atoms with van der Waals surface area (Å²) in [5.74, 6) is -0.110. The van der Waals surface area contributed by atoms with Gasteiger partial charge in [-0.3, -0.25) is 4.79 Å². The summed E-state index contributed by atoms with van der Waals surface area (Å²) in [5, 5.41) is 0.827. The van der Waals surface area contributed by atoms with Gasteiger partial charge in [0, 0.05) is 29.7 Å². The summed E-state index contributed by atoms with van der Waals surface area (Å²) in [6.45, 7) is 3.65. The number of rotatable bonds is 2. The number of likely N-dealkylation sites (tertiary alicyclic amines) is 1. The van der Waals surface area contributed by atoms with Crippen molar-refractivity contribution in [3.05, 3.63) is 35.3 Å². The zero-order valence-electron chi connectivity index (χ0n) is 11.7. The van der Waals surface area contributed by atoms with Crippen molar-refractivity contribution in [1.82, 2.24) is 9.88 Å². The highest BCUT2D eigenvalue weighted by Crippen LogP contribution is 2.24. The van der Waals surface area contributed by atoms with Crippen molar-refractivity contribution in [1.29, 1.82) is 0 Å². The smallest absolute Gasteiger partial charge is 0.227 e. The fraction of sp³-hybridized carbons (Fsp3) is 0.438. The number of carbonyl (C=O) groups excluding carboxylic acids is 1. The average molecular weight is 274 g/mol. The molecule has 1 fully saturated rings. The minimum atomic E-state index is -0.261. The van der Waals surface area contributed by atoms with Gasteiger partial charge in [0.05, 0.1) is 6.42 Å². The van der Waals surface area contributed by atoms with E-state index in [0.29, 0.717) is 6.42 Å². The Bertz CT molecular complexity index is 641. The first-order valence-electron chi connectivity index (χ1n) is 7.19. The van der Waals surface area contributed by atoms with Crippen LogP contribution in [-0.4, -0.2) is 28.9 Å². The summed E-state index contributed by atoms with van der Waals surface area (Å²) in [6, 6.07) is 4.68. The van der Waals surface area contributed by atoms with Crippen LogP contribution in [0.15, 0.2) is 18.2 Å². The van der Waals surface area contributed by atoms with E-state index in [1.807, 2.05) is 11.8 Å². The largest absolute Gasteiger partial charge is 0.358 e. The third-order valence-electron chi connectivity index (χ3n) is 4.12. The van der Waals surface area contributed by atoms with Crippen molar-refractivity contribution < 1.29 is 9.18 Å². The van der Waals surface area contributed by atoms with Crippen molar-refractivity contribution in [3.63, 3.8) is 0 Å². The number of benzene rings is 1. The molecule has 1 aromatic carbocycles. The van der Waals surface area contributed by atoms with E-state index in [1.165, 1.54) is 18.6 Å². The van der Waals surface area contributed by atoms with Gasteiger partial charge in [-0.2, -0.15) is 0 Å². The van der Waals surface area contributed by atoms with Crippen molar-refractivity contribution in [2.45, 2.75) is 32.6 Å². The summed E-state index contributed by atoms with van der Waals surface area (Å²) in [5.41, 5.74) is 2.77. The van der Waals surface area contributed by atoms with Gasteiger partial charge in [0.25, 0.3) is 0 Å². The predicted octanol–water partition coefficient (Wildman–Crippen LogP) is 3.17. The van der Waals surface area contributed by atoms with Crippen LogP contribution in [0.2, 0.25) is 0 Å². The molecule has 106 valence electrons. The zero-order chi connectivity index (χ0) is 14.1. The molecule has 20 heavy (non-hydrogen) atoms. The molecule has 3 nitrogen and oxygen atoms in total. The maximum atomic E-state index is 13.4. The first-order chi connectivity index (χ1) is 9.65. The maximum absolute atomic E-state index is 13.4. The van der Waals surface area contributed by atoms with E-state index in [4.69, 9.17) is 0 Å². The third-order valence-corrected chi connectivity index (χ3v) is 4.12. The zero-order valence-corrected chi connectivity index (χ0v) is 11.7. The lowest BCUT2D eigenvalue weighted by atomic mass is 10.1. The van der Waals surface area contributed by atoms with E-state index in [1.54, 1.807) is 6.07 Å². The molecule has 4 heteroatoms. The highest BCUT2D eigenvalue weighted by atomic mass is 19.1. The molecular formula is C16H19FN2O. The van der Waals surface area contributed by atoms with Crippen LogP contribution >= 0.6 is 0 Å². The number of piperidine rings is 1. The van der Waals surface area contributed by atoms with Crippen LogP contribution in [0.25, 0.3) is 10.9 Å². The van der Waals surface area contributed by atoms with Crippen LogP contribution in [0, 0.1) is 12.7 Å². The summed E-state index contributed by atoms with van der Waals surface area (Å²) in [7, 11) is 0. The van der Waals surface area contributed by atoms with Gasteiger partial charge in [-0.15, -0.1) is 0 Å². The Labute approximate surface area is 117 Å². The van der Waals surface area contributed by atoms with E-state index >= 15 is 0 Å². The number of amides is 1. The quantitative estimate of drug-likeness (QED) is 0.897. The monoisotopic (exact) mass is 274 g/mol. The summed E-state index contributed by atoms with van der Waals surface area (Å²) >= 11 is 0. The number of aryl methyl sites for hydroxylation is 1. The Kier molecular flexibility index (Phi) is 3.47. The minimum absolute atomic E-state index is 0.151. The van der Waals surface area contributed by atoms with Crippen molar-refractivity contribution in [2.75, 3.05) is 13.1 Å². The summed E-state index contributed by atoms with van der Waals surface area (Å²) < 4.78 is 13.4. The molecule has 0 bridgehead atoms. The van der Waals surface area contributed by atoms with E-state index in [9.17, 15) is 9.18 Å². The van der Waals surface area contributed by atoms with Gasteiger partial charge >= 0.3 is 0 Å². The second-order valence-corrected chi connectivity index (χ2v) is 5.54. The molecule has 1 N–H and O–H groups in total. The van der Waals surface area contributed by atoms with Crippen molar-refractivity contribution >= 4 is 16.8 Å². The number of fused-ring (bicyclic) bond motifs is 1. The Morgan fingerprint density at radius 1 is 1.30 bits per heavy atom. The summed E-state index contributed by atoms with van der Waals surface area (Å²) in [6.07, 6.45) is 3.75. The first kappa shape index (κ1) is 13.2. The fourth-order valence-electron chi connectivity index (χ4n) is 2.99. The van der Waals surface area contributed by atoms with Crippen LogP contribution in [0.5, 0.6) is 0 Å². The predicted molar refractivity (Wildman–Crippen MR) is 77.1 cm³/mol. The molecule has 0 saturated carbocycles. The number of halogens is 1. The number of aromatic nitrogens is 1. The molecule has 1 amide bonds. The lowest BCUT2D eigenvalue weighted by Gasteiger charge is -2.26. The standard InChI is InChI=1S/C16H19FN2O/c1-11-13(10-16(20)19-7-3-2-4-8-19)14-9-12(17)5-6-15(14)18-11/h5-6,9,18H,2-4,7-8,10H2,1H3. The Morgan fingerprint density at radius 3 is 2.80 bits per heavy atom. The van der Waals surface area contributed by atoms with Gasteiger partial charge in [-0.1, -0.05) is 0 Å². The molecule has 2 heterocycles. The SMILES string of the molecule is Cc1[nH]c2ccc(F)cc2c1CC(=O)N1CCCCC1. The van der Waals surface area contributed by atoms with Gasteiger partial charge in [0.15, 0.2) is 0 Å². The molecule has 1 aromatic heterocycles. The Balaban J connectivity index is 1.88. The summed E-state index contributed by atoms with van der Waals surface area (Å²) in [4.78, 5) is 17.5.